The molecule has 0 aliphatic carbocycles. The van der Waals surface area contributed by atoms with Gasteiger partial charge in [-0.05, 0) is 38.6 Å². The monoisotopic (exact) mass is 198 g/mol. The highest BCUT2D eigenvalue weighted by molar-refractivity contribution is 4.76. The number of hydrogen-bond donors (Lipinski definition) is 1. The van der Waals surface area contributed by atoms with Crippen LogP contribution in [-0.4, -0.2) is 43.3 Å². The SMILES string of the molecule is N[C@@H]1CCCN(CCC2CCCO2)C1. The van der Waals surface area contributed by atoms with Crippen LogP contribution in [0.25, 0.3) is 0 Å². The Morgan fingerprint density at radius 3 is 2.93 bits per heavy atom. The lowest BCUT2D eigenvalue weighted by Crippen LogP contribution is -2.43. The summed E-state index contributed by atoms with van der Waals surface area (Å²) in [6, 6.07) is 0.410. The molecule has 0 spiro atoms. The van der Waals surface area contributed by atoms with Crippen molar-refractivity contribution in [1.29, 1.82) is 0 Å². The van der Waals surface area contributed by atoms with E-state index in [-0.39, 0.29) is 0 Å². The number of likely N-dealkylation sites (tertiary alicyclic amines) is 1. The van der Waals surface area contributed by atoms with Crippen LogP contribution in [-0.2, 0) is 4.74 Å². The van der Waals surface area contributed by atoms with E-state index in [1.807, 2.05) is 0 Å². The van der Waals surface area contributed by atoms with E-state index in [2.05, 4.69) is 4.90 Å². The van der Waals surface area contributed by atoms with E-state index in [1.165, 1.54) is 45.2 Å². The van der Waals surface area contributed by atoms with E-state index in [1.54, 1.807) is 0 Å². The predicted molar refractivity (Wildman–Crippen MR) is 57.2 cm³/mol. The summed E-state index contributed by atoms with van der Waals surface area (Å²) in [7, 11) is 0. The van der Waals surface area contributed by atoms with Crippen LogP contribution in [0, 0.1) is 0 Å². The predicted octanol–water partition coefficient (Wildman–Crippen LogP) is 0.979. The Morgan fingerprint density at radius 1 is 1.29 bits per heavy atom. The van der Waals surface area contributed by atoms with E-state index in [9.17, 15) is 0 Å². The lowest BCUT2D eigenvalue weighted by atomic mass is 10.1. The van der Waals surface area contributed by atoms with Gasteiger partial charge in [0.15, 0.2) is 0 Å². The lowest BCUT2D eigenvalue weighted by molar-refractivity contribution is 0.0873. The van der Waals surface area contributed by atoms with Gasteiger partial charge in [0, 0.05) is 25.7 Å². The minimum absolute atomic E-state index is 0.410. The second-order valence-electron chi connectivity index (χ2n) is 4.63. The molecule has 0 radical (unpaired) electrons. The van der Waals surface area contributed by atoms with E-state index in [4.69, 9.17) is 10.5 Å². The second-order valence-corrected chi connectivity index (χ2v) is 4.63. The van der Waals surface area contributed by atoms with E-state index in [0.29, 0.717) is 12.1 Å². The van der Waals surface area contributed by atoms with Gasteiger partial charge in [-0.1, -0.05) is 0 Å². The van der Waals surface area contributed by atoms with Crippen LogP contribution < -0.4 is 5.73 Å². The molecule has 2 atom stereocenters. The van der Waals surface area contributed by atoms with E-state index >= 15 is 0 Å². The summed E-state index contributed by atoms with van der Waals surface area (Å²) in [4.78, 5) is 2.50. The van der Waals surface area contributed by atoms with Crippen LogP contribution in [0.5, 0.6) is 0 Å². The molecule has 0 saturated carbocycles. The molecule has 3 heteroatoms. The standard InChI is InChI=1S/C11H22N2O/c12-10-3-1-6-13(9-10)7-5-11-4-2-8-14-11/h10-11H,1-9,12H2/t10-,11?/m1/s1. The first-order chi connectivity index (χ1) is 6.84. The molecule has 2 rings (SSSR count). The molecule has 3 nitrogen and oxygen atoms in total. The van der Waals surface area contributed by atoms with Gasteiger partial charge in [0.25, 0.3) is 0 Å². The highest BCUT2D eigenvalue weighted by Crippen LogP contribution is 2.17. The largest absolute Gasteiger partial charge is 0.378 e. The third kappa shape index (κ3) is 2.94. The van der Waals surface area contributed by atoms with Crippen molar-refractivity contribution in [3.8, 4) is 0 Å². The van der Waals surface area contributed by atoms with Crippen LogP contribution in [0.1, 0.15) is 32.1 Å². The zero-order valence-corrected chi connectivity index (χ0v) is 8.95. The summed E-state index contributed by atoms with van der Waals surface area (Å²) in [6.45, 7) is 4.48. The van der Waals surface area contributed by atoms with Gasteiger partial charge in [-0.2, -0.15) is 0 Å². The Balaban J connectivity index is 1.64. The molecule has 1 unspecified atom stereocenters. The number of rotatable bonds is 3. The van der Waals surface area contributed by atoms with Gasteiger partial charge in [-0.25, -0.2) is 0 Å². The van der Waals surface area contributed by atoms with Crippen molar-refractivity contribution in [3.63, 3.8) is 0 Å². The molecule has 2 aliphatic rings. The summed E-state index contributed by atoms with van der Waals surface area (Å²) in [5.41, 5.74) is 5.94. The van der Waals surface area contributed by atoms with Crippen LogP contribution in [0.2, 0.25) is 0 Å². The first-order valence-electron chi connectivity index (χ1n) is 5.94. The maximum absolute atomic E-state index is 5.94. The minimum Gasteiger partial charge on any atom is -0.378 e. The number of nitrogens with zero attached hydrogens (tertiary/aromatic N) is 1. The topological polar surface area (TPSA) is 38.5 Å². The van der Waals surface area contributed by atoms with Crippen molar-refractivity contribution in [2.75, 3.05) is 26.2 Å². The molecule has 2 saturated heterocycles. The fourth-order valence-corrected chi connectivity index (χ4v) is 2.49. The molecule has 0 aromatic rings. The Morgan fingerprint density at radius 2 is 2.21 bits per heavy atom. The van der Waals surface area contributed by atoms with Crippen LogP contribution in [0.3, 0.4) is 0 Å². The maximum atomic E-state index is 5.94. The summed E-state index contributed by atoms with van der Waals surface area (Å²) >= 11 is 0. The zero-order valence-electron chi connectivity index (χ0n) is 8.95. The Hall–Kier alpha value is -0.120. The average molecular weight is 198 g/mol. The average Bonchev–Trinajstić information content (AvgIpc) is 2.67. The fourth-order valence-electron chi connectivity index (χ4n) is 2.49. The van der Waals surface area contributed by atoms with Gasteiger partial charge in [-0.15, -0.1) is 0 Å². The third-order valence-electron chi connectivity index (χ3n) is 3.33. The van der Waals surface area contributed by atoms with E-state index in [0.717, 1.165) is 13.2 Å². The molecular weight excluding hydrogens is 176 g/mol. The first kappa shape index (κ1) is 10.4. The third-order valence-corrected chi connectivity index (χ3v) is 3.33. The minimum atomic E-state index is 0.410. The van der Waals surface area contributed by atoms with Crippen molar-refractivity contribution >= 4 is 0 Å². The summed E-state index contributed by atoms with van der Waals surface area (Å²) < 4.78 is 5.61. The lowest BCUT2D eigenvalue weighted by Gasteiger charge is -2.31. The fraction of sp³-hybridized carbons (Fsp3) is 1.00. The highest BCUT2D eigenvalue weighted by atomic mass is 16.5. The van der Waals surface area contributed by atoms with Crippen molar-refractivity contribution in [1.82, 2.24) is 4.90 Å². The molecule has 2 N–H and O–H groups in total. The Kier molecular flexibility index (Phi) is 3.79. The maximum Gasteiger partial charge on any atom is 0.0588 e. The van der Waals surface area contributed by atoms with Crippen molar-refractivity contribution in [3.05, 3.63) is 0 Å². The molecule has 14 heavy (non-hydrogen) atoms. The van der Waals surface area contributed by atoms with Gasteiger partial charge in [-0.3, -0.25) is 0 Å². The molecule has 2 aliphatic heterocycles. The van der Waals surface area contributed by atoms with Crippen LogP contribution in [0.15, 0.2) is 0 Å². The smallest absolute Gasteiger partial charge is 0.0588 e. The molecule has 0 aromatic heterocycles. The zero-order chi connectivity index (χ0) is 9.80. The van der Waals surface area contributed by atoms with Gasteiger partial charge in [0.2, 0.25) is 0 Å². The Labute approximate surface area is 86.6 Å². The number of nitrogens with two attached hydrogens (primary N) is 1. The molecule has 82 valence electrons. The van der Waals surface area contributed by atoms with Gasteiger partial charge in [0.1, 0.15) is 0 Å². The quantitative estimate of drug-likeness (QED) is 0.734. The summed E-state index contributed by atoms with van der Waals surface area (Å²) in [5.74, 6) is 0. The normalized spacial score (nSPS) is 34.9. The number of ether oxygens (including phenoxy) is 1. The summed E-state index contributed by atoms with van der Waals surface area (Å²) in [6.07, 6.45) is 6.73. The molecular formula is C11H22N2O. The van der Waals surface area contributed by atoms with Gasteiger partial charge < -0.3 is 15.4 Å². The van der Waals surface area contributed by atoms with E-state index < -0.39 is 0 Å². The summed E-state index contributed by atoms with van der Waals surface area (Å²) in [5, 5.41) is 0. The van der Waals surface area contributed by atoms with Crippen LogP contribution in [0.4, 0.5) is 0 Å². The molecule has 0 bridgehead atoms. The van der Waals surface area contributed by atoms with Crippen molar-refractivity contribution < 1.29 is 4.74 Å². The van der Waals surface area contributed by atoms with Crippen LogP contribution >= 0.6 is 0 Å². The van der Waals surface area contributed by atoms with Gasteiger partial charge >= 0.3 is 0 Å². The molecule has 2 fully saturated rings. The first-order valence-corrected chi connectivity index (χ1v) is 5.94. The number of piperidine rings is 1. The number of hydrogen-bond acceptors (Lipinski definition) is 3. The van der Waals surface area contributed by atoms with Crippen molar-refractivity contribution in [2.45, 2.75) is 44.2 Å². The second kappa shape index (κ2) is 5.10. The molecule has 0 aromatic carbocycles. The van der Waals surface area contributed by atoms with Gasteiger partial charge in [0.05, 0.1) is 6.10 Å². The molecule has 0 amide bonds. The Bertz CT molecular complexity index is 169. The molecule has 2 heterocycles. The van der Waals surface area contributed by atoms with Crippen molar-refractivity contribution in [2.24, 2.45) is 5.73 Å². The highest BCUT2D eigenvalue weighted by Gasteiger charge is 2.19.